The molecule has 4 heteroatoms. The number of carbonyl (C=O) groups excluding carboxylic acids is 1. The van der Waals surface area contributed by atoms with Gasteiger partial charge in [-0.15, -0.1) is 0 Å². The van der Waals surface area contributed by atoms with Gasteiger partial charge in [-0.3, -0.25) is 4.79 Å². The van der Waals surface area contributed by atoms with Crippen LogP contribution >= 0.6 is 0 Å². The van der Waals surface area contributed by atoms with Gasteiger partial charge in [-0.05, 0) is 25.0 Å². The molecule has 1 aliphatic rings. The van der Waals surface area contributed by atoms with E-state index in [1.165, 1.54) is 6.42 Å². The van der Waals surface area contributed by atoms with Crippen molar-refractivity contribution >= 4 is 17.3 Å². The van der Waals surface area contributed by atoms with E-state index >= 15 is 0 Å². The lowest BCUT2D eigenvalue weighted by Gasteiger charge is -2.32. The summed E-state index contributed by atoms with van der Waals surface area (Å²) in [6.45, 7) is 0. The number of hydrogen-bond donors (Lipinski definition) is 2. The molecular formula is C15H23N3O. The maximum Gasteiger partial charge on any atom is 0.244 e. The lowest BCUT2D eigenvalue weighted by molar-refractivity contribution is -0.122. The van der Waals surface area contributed by atoms with Gasteiger partial charge in [0.05, 0.1) is 16.9 Å². The summed E-state index contributed by atoms with van der Waals surface area (Å²) in [5, 5.41) is 3.00. The van der Waals surface area contributed by atoms with Crippen LogP contribution in [0.3, 0.4) is 0 Å². The molecule has 0 aliphatic heterocycles. The molecule has 0 bridgehead atoms. The minimum atomic E-state index is -0.697. The van der Waals surface area contributed by atoms with Gasteiger partial charge in [0.1, 0.15) is 0 Å². The molecule has 3 N–H and O–H groups in total. The van der Waals surface area contributed by atoms with Gasteiger partial charge >= 0.3 is 0 Å². The van der Waals surface area contributed by atoms with Crippen LogP contribution in [0.4, 0.5) is 11.4 Å². The predicted molar refractivity (Wildman–Crippen MR) is 79.4 cm³/mol. The monoisotopic (exact) mass is 261 g/mol. The quantitative estimate of drug-likeness (QED) is 0.878. The van der Waals surface area contributed by atoms with Crippen molar-refractivity contribution < 1.29 is 4.79 Å². The summed E-state index contributed by atoms with van der Waals surface area (Å²) in [5.74, 6) is -0.0542. The summed E-state index contributed by atoms with van der Waals surface area (Å²) in [5.41, 5.74) is 7.38. The van der Waals surface area contributed by atoms with Gasteiger partial charge in [0.25, 0.3) is 0 Å². The number of benzene rings is 1. The Bertz CT molecular complexity index is 450. The zero-order chi connectivity index (χ0) is 13.9. The highest BCUT2D eigenvalue weighted by Crippen LogP contribution is 2.29. The van der Waals surface area contributed by atoms with Crippen LogP contribution in [0, 0.1) is 0 Å². The first kappa shape index (κ1) is 13.9. The Morgan fingerprint density at radius 1 is 1.21 bits per heavy atom. The predicted octanol–water partition coefficient (Wildman–Crippen LogP) is 2.35. The number of carbonyl (C=O) groups is 1. The fourth-order valence-corrected chi connectivity index (χ4v) is 2.63. The maximum atomic E-state index is 12.4. The van der Waals surface area contributed by atoms with Crippen molar-refractivity contribution in [2.24, 2.45) is 5.73 Å². The Morgan fingerprint density at radius 3 is 2.47 bits per heavy atom. The fourth-order valence-electron chi connectivity index (χ4n) is 2.63. The Hall–Kier alpha value is -1.55. The third-order valence-corrected chi connectivity index (χ3v) is 3.83. The third-order valence-electron chi connectivity index (χ3n) is 3.83. The molecule has 1 fully saturated rings. The summed E-state index contributed by atoms with van der Waals surface area (Å²) in [6.07, 6.45) is 4.82. The van der Waals surface area contributed by atoms with E-state index in [-0.39, 0.29) is 5.91 Å². The van der Waals surface area contributed by atoms with E-state index in [4.69, 9.17) is 5.73 Å². The number of amides is 1. The van der Waals surface area contributed by atoms with Gasteiger partial charge in [0, 0.05) is 14.1 Å². The number of nitrogens with two attached hydrogens (primary N) is 1. The first-order valence-corrected chi connectivity index (χ1v) is 6.90. The standard InChI is InChI=1S/C15H23N3O/c1-18(2)13-9-5-4-8-12(13)17-14(19)15(16)10-6-3-7-11-15/h4-5,8-9H,3,6-7,10-11,16H2,1-2H3,(H,17,19). The van der Waals surface area contributed by atoms with Gasteiger partial charge < -0.3 is 16.0 Å². The summed E-state index contributed by atoms with van der Waals surface area (Å²) >= 11 is 0. The number of hydrogen-bond acceptors (Lipinski definition) is 3. The van der Waals surface area contributed by atoms with Crippen LogP contribution in [0.25, 0.3) is 0 Å². The van der Waals surface area contributed by atoms with Crippen molar-refractivity contribution in [2.75, 3.05) is 24.3 Å². The van der Waals surface area contributed by atoms with Crippen LogP contribution < -0.4 is 16.0 Å². The highest BCUT2D eigenvalue weighted by atomic mass is 16.2. The molecule has 1 aromatic rings. The van der Waals surface area contributed by atoms with Gasteiger partial charge in [-0.25, -0.2) is 0 Å². The molecule has 104 valence electrons. The fraction of sp³-hybridized carbons (Fsp3) is 0.533. The average molecular weight is 261 g/mol. The normalized spacial score (nSPS) is 17.8. The second kappa shape index (κ2) is 5.61. The number of nitrogens with zero attached hydrogens (tertiary/aromatic N) is 1. The second-order valence-electron chi connectivity index (χ2n) is 5.58. The molecule has 0 unspecified atom stereocenters. The molecule has 1 saturated carbocycles. The van der Waals surface area contributed by atoms with Crippen molar-refractivity contribution in [1.29, 1.82) is 0 Å². The molecule has 19 heavy (non-hydrogen) atoms. The average Bonchev–Trinajstić information content (AvgIpc) is 2.40. The van der Waals surface area contributed by atoms with Gasteiger partial charge in [0.2, 0.25) is 5.91 Å². The SMILES string of the molecule is CN(C)c1ccccc1NC(=O)C1(N)CCCCC1. The van der Waals surface area contributed by atoms with Crippen LogP contribution in [-0.2, 0) is 4.79 Å². The van der Waals surface area contributed by atoms with Crippen molar-refractivity contribution in [2.45, 2.75) is 37.6 Å². The summed E-state index contributed by atoms with van der Waals surface area (Å²) in [6, 6.07) is 7.79. The number of rotatable bonds is 3. The number of nitrogens with one attached hydrogen (secondary N) is 1. The summed E-state index contributed by atoms with van der Waals surface area (Å²) in [7, 11) is 3.92. The smallest absolute Gasteiger partial charge is 0.244 e. The molecule has 1 amide bonds. The van der Waals surface area contributed by atoms with Gasteiger partial charge in [0.15, 0.2) is 0 Å². The van der Waals surface area contributed by atoms with E-state index in [9.17, 15) is 4.79 Å². The molecule has 2 rings (SSSR count). The molecule has 0 aromatic heterocycles. The lowest BCUT2D eigenvalue weighted by Crippen LogP contribution is -2.52. The highest BCUT2D eigenvalue weighted by Gasteiger charge is 2.35. The largest absolute Gasteiger partial charge is 0.376 e. The van der Waals surface area contributed by atoms with Gasteiger partial charge in [-0.2, -0.15) is 0 Å². The first-order chi connectivity index (χ1) is 9.03. The molecule has 0 atom stereocenters. The lowest BCUT2D eigenvalue weighted by atomic mass is 9.82. The topological polar surface area (TPSA) is 58.4 Å². The molecule has 0 radical (unpaired) electrons. The van der Waals surface area contributed by atoms with Crippen LogP contribution in [0.2, 0.25) is 0 Å². The Kier molecular flexibility index (Phi) is 4.10. The molecular weight excluding hydrogens is 238 g/mol. The maximum absolute atomic E-state index is 12.4. The van der Waals surface area contributed by atoms with E-state index in [2.05, 4.69) is 5.32 Å². The van der Waals surface area contributed by atoms with Crippen molar-refractivity contribution in [3.8, 4) is 0 Å². The molecule has 0 spiro atoms. The van der Waals surface area contributed by atoms with E-state index in [0.717, 1.165) is 37.1 Å². The van der Waals surface area contributed by atoms with E-state index in [0.29, 0.717) is 0 Å². The number of para-hydroxylation sites is 2. The van der Waals surface area contributed by atoms with Crippen molar-refractivity contribution in [3.05, 3.63) is 24.3 Å². The van der Waals surface area contributed by atoms with Crippen LogP contribution in [0.1, 0.15) is 32.1 Å². The van der Waals surface area contributed by atoms with E-state index in [1.54, 1.807) is 0 Å². The zero-order valence-corrected chi connectivity index (χ0v) is 11.8. The van der Waals surface area contributed by atoms with Crippen LogP contribution in [-0.4, -0.2) is 25.5 Å². The molecule has 1 aliphatic carbocycles. The van der Waals surface area contributed by atoms with Gasteiger partial charge in [-0.1, -0.05) is 31.4 Å². The summed E-state index contributed by atoms with van der Waals surface area (Å²) < 4.78 is 0. The Balaban J connectivity index is 2.14. The van der Waals surface area contributed by atoms with Crippen LogP contribution in [0.15, 0.2) is 24.3 Å². The number of anilines is 2. The molecule has 4 nitrogen and oxygen atoms in total. The van der Waals surface area contributed by atoms with E-state index < -0.39 is 5.54 Å². The highest BCUT2D eigenvalue weighted by molar-refractivity contribution is 6.00. The van der Waals surface area contributed by atoms with Crippen LogP contribution in [0.5, 0.6) is 0 Å². The minimum Gasteiger partial charge on any atom is -0.376 e. The van der Waals surface area contributed by atoms with Crippen molar-refractivity contribution in [3.63, 3.8) is 0 Å². The Labute approximate surface area is 115 Å². The first-order valence-electron chi connectivity index (χ1n) is 6.90. The summed E-state index contributed by atoms with van der Waals surface area (Å²) in [4.78, 5) is 14.4. The Morgan fingerprint density at radius 2 is 1.84 bits per heavy atom. The second-order valence-corrected chi connectivity index (χ2v) is 5.58. The molecule has 1 aromatic carbocycles. The third kappa shape index (κ3) is 3.07. The molecule has 0 heterocycles. The van der Waals surface area contributed by atoms with Crippen molar-refractivity contribution in [1.82, 2.24) is 0 Å². The molecule has 0 saturated heterocycles. The van der Waals surface area contributed by atoms with E-state index in [1.807, 2.05) is 43.3 Å². The zero-order valence-electron chi connectivity index (χ0n) is 11.8. The minimum absolute atomic E-state index is 0.0542.